The van der Waals surface area contributed by atoms with E-state index in [9.17, 15) is 9.59 Å². The largest absolute Gasteiger partial charge is 0.378 e. The smallest absolute Gasteiger partial charge is 0.253 e. The molecule has 0 aromatic heterocycles. The van der Waals surface area contributed by atoms with Crippen LogP contribution in [0.1, 0.15) is 24.2 Å². The van der Waals surface area contributed by atoms with E-state index in [0.29, 0.717) is 25.2 Å². The average Bonchev–Trinajstić information content (AvgIpc) is 2.54. The topological polar surface area (TPSA) is 55.9 Å². The predicted molar refractivity (Wildman–Crippen MR) is 96.4 cm³/mol. The molecule has 1 fully saturated rings. The van der Waals surface area contributed by atoms with Gasteiger partial charge in [-0.25, -0.2) is 0 Å². The first-order chi connectivity index (χ1) is 11.4. The first-order valence-electron chi connectivity index (χ1n) is 8.45. The number of benzene rings is 1. The quantitative estimate of drug-likeness (QED) is 0.875. The molecule has 6 heteroatoms. The van der Waals surface area contributed by atoms with E-state index in [1.807, 2.05) is 62.0 Å². The third kappa shape index (κ3) is 4.96. The Morgan fingerprint density at radius 2 is 1.67 bits per heavy atom. The van der Waals surface area contributed by atoms with E-state index in [4.69, 9.17) is 0 Å². The minimum atomic E-state index is 0.0454. The van der Waals surface area contributed by atoms with Crippen LogP contribution < -0.4 is 10.2 Å². The Bertz CT molecular complexity index is 561. The van der Waals surface area contributed by atoms with E-state index in [0.717, 1.165) is 18.8 Å². The molecule has 1 saturated heterocycles. The van der Waals surface area contributed by atoms with Crippen LogP contribution in [0, 0.1) is 0 Å². The molecule has 0 unspecified atom stereocenters. The molecular formula is C18H28N4O2. The van der Waals surface area contributed by atoms with Crippen LogP contribution in [0.4, 0.5) is 5.69 Å². The molecule has 0 atom stereocenters. The van der Waals surface area contributed by atoms with Crippen molar-refractivity contribution in [1.82, 2.24) is 15.1 Å². The molecular weight excluding hydrogens is 304 g/mol. The van der Waals surface area contributed by atoms with Crippen molar-refractivity contribution < 1.29 is 9.59 Å². The van der Waals surface area contributed by atoms with Crippen molar-refractivity contribution in [2.75, 3.05) is 51.7 Å². The van der Waals surface area contributed by atoms with Crippen molar-refractivity contribution in [2.24, 2.45) is 0 Å². The van der Waals surface area contributed by atoms with Gasteiger partial charge in [-0.05, 0) is 38.1 Å². The fraction of sp³-hybridized carbons (Fsp3) is 0.556. The van der Waals surface area contributed by atoms with Crippen LogP contribution in [0.15, 0.2) is 24.3 Å². The molecule has 2 rings (SSSR count). The van der Waals surface area contributed by atoms with Crippen molar-refractivity contribution in [2.45, 2.75) is 19.9 Å². The van der Waals surface area contributed by atoms with Crippen molar-refractivity contribution >= 4 is 17.5 Å². The molecule has 1 aliphatic rings. The van der Waals surface area contributed by atoms with Gasteiger partial charge in [0, 0.05) is 57.6 Å². The summed E-state index contributed by atoms with van der Waals surface area (Å²) < 4.78 is 0. The Kier molecular flexibility index (Phi) is 6.20. The Hall–Kier alpha value is -2.08. The summed E-state index contributed by atoms with van der Waals surface area (Å²) in [6, 6.07) is 7.82. The van der Waals surface area contributed by atoms with E-state index in [-0.39, 0.29) is 17.9 Å². The van der Waals surface area contributed by atoms with Gasteiger partial charge < -0.3 is 15.1 Å². The van der Waals surface area contributed by atoms with Crippen LogP contribution in [0.3, 0.4) is 0 Å². The van der Waals surface area contributed by atoms with Crippen molar-refractivity contribution in [3.05, 3.63) is 29.8 Å². The predicted octanol–water partition coefficient (Wildman–Crippen LogP) is 1.04. The minimum Gasteiger partial charge on any atom is -0.378 e. The number of hydrogen-bond donors (Lipinski definition) is 1. The summed E-state index contributed by atoms with van der Waals surface area (Å²) >= 11 is 0. The minimum absolute atomic E-state index is 0.0454. The summed E-state index contributed by atoms with van der Waals surface area (Å²) in [4.78, 5) is 30.3. The molecule has 0 bridgehead atoms. The van der Waals surface area contributed by atoms with E-state index < -0.39 is 0 Å². The van der Waals surface area contributed by atoms with Gasteiger partial charge in [0.15, 0.2) is 0 Å². The van der Waals surface area contributed by atoms with E-state index in [1.54, 1.807) is 0 Å². The molecule has 0 saturated carbocycles. The highest BCUT2D eigenvalue weighted by atomic mass is 16.2. The average molecular weight is 332 g/mol. The molecule has 1 aromatic carbocycles. The van der Waals surface area contributed by atoms with Crippen molar-refractivity contribution in [3.8, 4) is 0 Å². The van der Waals surface area contributed by atoms with Gasteiger partial charge in [0.1, 0.15) is 0 Å². The molecule has 6 nitrogen and oxygen atoms in total. The zero-order chi connectivity index (χ0) is 17.7. The first-order valence-corrected chi connectivity index (χ1v) is 8.45. The van der Waals surface area contributed by atoms with Crippen LogP contribution in [0.25, 0.3) is 0 Å². The van der Waals surface area contributed by atoms with Crippen LogP contribution in [0.2, 0.25) is 0 Å². The summed E-state index contributed by atoms with van der Waals surface area (Å²) in [6.45, 7) is 7.08. The lowest BCUT2D eigenvalue weighted by Gasteiger charge is -2.34. The fourth-order valence-corrected chi connectivity index (χ4v) is 2.76. The van der Waals surface area contributed by atoms with E-state index in [2.05, 4.69) is 10.2 Å². The monoisotopic (exact) mass is 332 g/mol. The lowest BCUT2D eigenvalue weighted by atomic mass is 10.1. The second-order valence-corrected chi connectivity index (χ2v) is 6.73. The number of anilines is 1. The standard InChI is InChI=1S/C18H28N4O2/c1-14(2)19-17(23)13-21-9-11-22(12-10-21)18(24)15-5-7-16(8-6-15)20(3)4/h5-8,14H,9-13H2,1-4H3,(H,19,23). The number of piperazine rings is 1. The summed E-state index contributed by atoms with van der Waals surface area (Å²) in [5, 5.41) is 2.90. The van der Waals surface area contributed by atoms with Crippen LogP contribution in [-0.4, -0.2) is 74.5 Å². The van der Waals surface area contributed by atoms with E-state index >= 15 is 0 Å². The number of hydrogen-bond acceptors (Lipinski definition) is 4. The van der Waals surface area contributed by atoms with Gasteiger partial charge in [-0.1, -0.05) is 0 Å². The zero-order valence-electron chi connectivity index (χ0n) is 15.1. The van der Waals surface area contributed by atoms with E-state index in [1.165, 1.54) is 0 Å². The van der Waals surface area contributed by atoms with Gasteiger partial charge >= 0.3 is 0 Å². The van der Waals surface area contributed by atoms with Crippen LogP contribution in [0.5, 0.6) is 0 Å². The van der Waals surface area contributed by atoms with Gasteiger partial charge in [-0.2, -0.15) is 0 Å². The molecule has 24 heavy (non-hydrogen) atoms. The Morgan fingerprint density at radius 3 is 2.17 bits per heavy atom. The Labute approximate surface area is 144 Å². The number of amides is 2. The molecule has 0 radical (unpaired) electrons. The second-order valence-electron chi connectivity index (χ2n) is 6.73. The number of carbonyl (C=O) groups is 2. The van der Waals surface area contributed by atoms with Crippen molar-refractivity contribution in [1.29, 1.82) is 0 Å². The molecule has 1 heterocycles. The highest BCUT2D eigenvalue weighted by molar-refractivity contribution is 5.94. The second kappa shape index (κ2) is 8.15. The first kappa shape index (κ1) is 18.3. The third-order valence-corrected chi connectivity index (χ3v) is 4.11. The highest BCUT2D eigenvalue weighted by Gasteiger charge is 2.23. The molecule has 1 N–H and O–H groups in total. The lowest BCUT2D eigenvalue weighted by molar-refractivity contribution is -0.123. The van der Waals surface area contributed by atoms with Gasteiger partial charge in [0.2, 0.25) is 5.91 Å². The number of nitrogens with one attached hydrogen (secondary N) is 1. The fourth-order valence-electron chi connectivity index (χ4n) is 2.76. The summed E-state index contributed by atoms with van der Waals surface area (Å²) in [5.74, 6) is 0.107. The summed E-state index contributed by atoms with van der Waals surface area (Å²) in [7, 11) is 3.96. The lowest BCUT2D eigenvalue weighted by Crippen LogP contribution is -2.51. The Balaban J connectivity index is 1.85. The molecule has 2 amide bonds. The maximum Gasteiger partial charge on any atom is 0.253 e. The maximum absolute atomic E-state index is 12.6. The Morgan fingerprint density at radius 1 is 1.08 bits per heavy atom. The number of carbonyl (C=O) groups excluding carboxylic acids is 2. The highest BCUT2D eigenvalue weighted by Crippen LogP contribution is 2.14. The number of nitrogens with zero attached hydrogens (tertiary/aromatic N) is 3. The third-order valence-electron chi connectivity index (χ3n) is 4.11. The normalized spacial score (nSPS) is 15.5. The summed E-state index contributed by atoms with van der Waals surface area (Å²) in [5.41, 5.74) is 1.79. The van der Waals surface area contributed by atoms with Gasteiger partial charge in [0.05, 0.1) is 6.54 Å². The molecule has 132 valence electrons. The van der Waals surface area contributed by atoms with Crippen molar-refractivity contribution in [3.63, 3.8) is 0 Å². The van der Waals surface area contributed by atoms with Crippen LogP contribution >= 0.6 is 0 Å². The summed E-state index contributed by atoms with van der Waals surface area (Å²) in [6.07, 6.45) is 0. The van der Waals surface area contributed by atoms with Gasteiger partial charge in [-0.3, -0.25) is 14.5 Å². The molecule has 0 aliphatic carbocycles. The zero-order valence-corrected chi connectivity index (χ0v) is 15.1. The molecule has 1 aliphatic heterocycles. The molecule has 0 spiro atoms. The number of rotatable bonds is 5. The van der Waals surface area contributed by atoms with Gasteiger partial charge in [-0.15, -0.1) is 0 Å². The SMILES string of the molecule is CC(C)NC(=O)CN1CCN(C(=O)c2ccc(N(C)C)cc2)CC1. The molecule has 1 aromatic rings. The van der Waals surface area contributed by atoms with Crippen LogP contribution in [-0.2, 0) is 4.79 Å². The maximum atomic E-state index is 12.6. The van der Waals surface area contributed by atoms with Gasteiger partial charge in [0.25, 0.3) is 5.91 Å².